The molecule has 1 heterocycles. The molecule has 2 rings (SSSR count). The van der Waals surface area contributed by atoms with Crippen molar-refractivity contribution in [2.24, 2.45) is 12.9 Å². The summed E-state index contributed by atoms with van der Waals surface area (Å²) < 4.78 is 14.5. The number of hydrogen-bond donors (Lipinski definition) is 2. The van der Waals surface area contributed by atoms with Gasteiger partial charge in [0.15, 0.2) is 0 Å². The topological polar surface area (TPSA) is 68.8 Å². The van der Waals surface area contributed by atoms with Crippen LogP contribution in [-0.4, -0.2) is 15.0 Å². The monoisotopic (exact) mass is 255 g/mol. The van der Waals surface area contributed by atoms with E-state index in [9.17, 15) is 4.39 Å². The van der Waals surface area contributed by atoms with E-state index in [1.165, 1.54) is 12.1 Å². The lowest BCUT2D eigenvalue weighted by atomic mass is 10.0. The number of nitrogens with zero attached hydrogens (tertiary/aromatic N) is 3. The Morgan fingerprint density at radius 2 is 2.29 bits per heavy atom. The van der Waals surface area contributed by atoms with Gasteiger partial charge in [0.1, 0.15) is 5.82 Å². The zero-order valence-electron chi connectivity index (χ0n) is 9.06. The van der Waals surface area contributed by atoms with Gasteiger partial charge in [-0.1, -0.05) is 22.9 Å². The molecule has 0 bridgehead atoms. The molecule has 0 radical (unpaired) electrons. The summed E-state index contributed by atoms with van der Waals surface area (Å²) in [6.07, 6.45) is 1.57. The maximum atomic E-state index is 13.0. The van der Waals surface area contributed by atoms with Crippen molar-refractivity contribution in [2.75, 3.05) is 0 Å². The maximum Gasteiger partial charge on any atom is 0.124 e. The molecular weight excluding hydrogens is 245 g/mol. The van der Waals surface area contributed by atoms with Crippen molar-refractivity contribution in [1.29, 1.82) is 0 Å². The molecular formula is C10H11ClFN5. The van der Waals surface area contributed by atoms with Gasteiger partial charge < -0.3 is 0 Å². The van der Waals surface area contributed by atoms with E-state index < -0.39 is 5.82 Å². The molecule has 17 heavy (non-hydrogen) atoms. The van der Waals surface area contributed by atoms with Crippen LogP contribution in [0, 0.1) is 5.82 Å². The van der Waals surface area contributed by atoms with Gasteiger partial charge in [-0.2, -0.15) is 0 Å². The Kier molecular flexibility index (Phi) is 3.37. The minimum Gasteiger partial charge on any atom is -0.271 e. The van der Waals surface area contributed by atoms with Crippen molar-refractivity contribution in [3.8, 4) is 0 Å². The van der Waals surface area contributed by atoms with E-state index >= 15 is 0 Å². The van der Waals surface area contributed by atoms with Gasteiger partial charge >= 0.3 is 0 Å². The van der Waals surface area contributed by atoms with Gasteiger partial charge in [-0.3, -0.25) is 10.5 Å². The Balaban J connectivity index is 2.46. The van der Waals surface area contributed by atoms with Crippen molar-refractivity contribution in [1.82, 2.24) is 20.4 Å². The highest BCUT2D eigenvalue weighted by molar-refractivity contribution is 6.31. The number of aryl methyl sites for hydroxylation is 1. The summed E-state index contributed by atoms with van der Waals surface area (Å²) in [5.41, 5.74) is 4.02. The summed E-state index contributed by atoms with van der Waals surface area (Å²) in [5.74, 6) is 5.11. The van der Waals surface area contributed by atoms with Crippen molar-refractivity contribution < 1.29 is 4.39 Å². The van der Waals surface area contributed by atoms with Crippen LogP contribution in [0.1, 0.15) is 17.3 Å². The van der Waals surface area contributed by atoms with Gasteiger partial charge in [-0.15, -0.1) is 5.10 Å². The second-order valence-corrected chi connectivity index (χ2v) is 3.96. The van der Waals surface area contributed by atoms with Gasteiger partial charge in [0, 0.05) is 12.1 Å². The van der Waals surface area contributed by atoms with Crippen molar-refractivity contribution in [3.63, 3.8) is 0 Å². The SMILES string of the molecule is Cn1nncc1C(NN)c1ccc(F)cc1Cl. The van der Waals surface area contributed by atoms with Crippen LogP contribution < -0.4 is 11.3 Å². The summed E-state index contributed by atoms with van der Waals surface area (Å²) in [6.45, 7) is 0. The van der Waals surface area contributed by atoms with E-state index in [0.29, 0.717) is 10.6 Å². The molecule has 1 atom stereocenters. The second-order valence-electron chi connectivity index (χ2n) is 3.55. The van der Waals surface area contributed by atoms with Crippen molar-refractivity contribution in [3.05, 3.63) is 46.5 Å². The molecule has 0 fully saturated rings. The van der Waals surface area contributed by atoms with Crippen molar-refractivity contribution >= 4 is 11.6 Å². The van der Waals surface area contributed by atoms with Gasteiger partial charge in [0.05, 0.1) is 17.9 Å². The predicted molar refractivity (Wildman–Crippen MR) is 61.6 cm³/mol. The van der Waals surface area contributed by atoms with Gasteiger partial charge in [-0.25, -0.2) is 9.82 Å². The molecule has 0 amide bonds. The summed E-state index contributed by atoms with van der Waals surface area (Å²) in [5, 5.41) is 7.88. The molecule has 1 aromatic heterocycles. The maximum absolute atomic E-state index is 13.0. The van der Waals surface area contributed by atoms with E-state index in [2.05, 4.69) is 15.7 Å². The smallest absolute Gasteiger partial charge is 0.124 e. The van der Waals surface area contributed by atoms with E-state index in [4.69, 9.17) is 17.4 Å². The molecule has 7 heteroatoms. The molecule has 0 saturated heterocycles. The molecule has 1 aromatic carbocycles. The third-order valence-corrected chi connectivity index (χ3v) is 2.81. The van der Waals surface area contributed by atoms with Gasteiger partial charge in [0.25, 0.3) is 0 Å². The van der Waals surface area contributed by atoms with E-state index in [-0.39, 0.29) is 6.04 Å². The minimum absolute atomic E-state index is 0.300. The van der Waals surface area contributed by atoms with Crippen LogP contribution in [0.5, 0.6) is 0 Å². The third-order valence-electron chi connectivity index (χ3n) is 2.49. The fourth-order valence-corrected chi connectivity index (χ4v) is 1.91. The number of nitrogens with one attached hydrogen (secondary N) is 1. The van der Waals surface area contributed by atoms with Crippen LogP contribution in [0.4, 0.5) is 4.39 Å². The summed E-state index contributed by atoms with van der Waals surface area (Å²) in [4.78, 5) is 0. The van der Waals surface area contributed by atoms with Crippen LogP contribution in [0.3, 0.4) is 0 Å². The third kappa shape index (κ3) is 2.28. The van der Waals surface area contributed by atoms with Gasteiger partial charge in [0.2, 0.25) is 0 Å². The van der Waals surface area contributed by atoms with Crippen molar-refractivity contribution in [2.45, 2.75) is 6.04 Å². The van der Waals surface area contributed by atoms with Crippen LogP contribution >= 0.6 is 11.6 Å². The molecule has 0 spiro atoms. The van der Waals surface area contributed by atoms with Crippen LogP contribution in [-0.2, 0) is 7.05 Å². The lowest BCUT2D eigenvalue weighted by molar-refractivity contribution is 0.568. The number of aromatic nitrogens is 3. The van der Waals surface area contributed by atoms with E-state index in [1.54, 1.807) is 24.0 Å². The molecule has 0 aliphatic heterocycles. The first kappa shape index (κ1) is 12.0. The Bertz CT molecular complexity index is 527. The van der Waals surface area contributed by atoms with E-state index in [0.717, 1.165) is 5.69 Å². The highest BCUT2D eigenvalue weighted by Crippen LogP contribution is 2.27. The fourth-order valence-electron chi connectivity index (χ4n) is 1.63. The Morgan fingerprint density at radius 1 is 1.53 bits per heavy atom. The van der Waals surface area contributed by atoms with Crippen LogP contribution in [0.2, 0.25) is 5.02 Å². The summed E-state index contributed by atoms with van der Waals surface area (Å²) in [6, 6.07) is 3.76. The van der Waals surface area contributed by atoms with Gasteiger partial charge in [-0.05, 0) is 17.7 Å². The molecule has 3 N–H and O–H groups in total. The first-order chi connectivity index (χ1) is 8.13. The van der Waals surface area contributed by atoms with E-state index in [1.807, 2.05) is 0 Å². The zero-order chi connectivity index (χ0) is 12.4. The zero-order valence-corrected chi connectivity index (χ0v) is 9.82. The normalized spacial score (nSPS) is 12.7. The highest BCUT2D eigenvalue weighted by atomic mass is 35.5. The largest absolute Gasteiger partial charge is 0.271 e. The number of hydrogen-bond acceptors (Lipinski definition) is 4. The van der Waals surface area contributed by atoms with Crippen LogP contribution in [0.25, 0.3) is 0 Å². The first-order valence-corrected chi connectivity index (χ1v) is 5.27. The second kappa shape index (κ2) is 4.79. The molecule has 90 valence electrons. The Morgan fingerprint density at radius 3 is 2.82 bits per heavy atom. The Hall–Kier alpha value is -1.50. The van der Waals surface area contributed by atoms with Crippen LogP contribution in [0.15, 0.2) is 24.4 Å². The number of hydrazine groups is 1. The minimum atomic E-state index is -0.391. The Labute approximate surface area is 102 Å². The highest BCUT2D eigenvalue weighted by Gasteiger charge is 2.19. The average molecular weight is 256 g/mol. The lowest BCUT2D eigenvalue weighted by Crippen LogP contribution is -2.30. The molecule has 0 saturated carbocycles. The number of benzene rings is 1. The lowest BCUT2D eigenvalue weighted by Gasteiger charge is -2.17. The molecule has 0 aliphatic carbocycles. The predicted octanol–water partition coefficient (Wildman–Crippen LogP) is 1.16. The number of halogens is 2. The quantitative estimate of drug-likeness (QED) is 0.638. The molecule has 5 nitrogen and oxygen atoms in total. The first-order valence-electron chi connectivity index (χ1n) is 4.89. The molecule has 0 aliphatic rings. The number of rotatable bonds is 3. The molecule has 2 aromatic rings. The average Bonchev–Trinajstić information content (AvgIpc) is 2.69. The summed E-state index contributed by atoms with van der Waals surface area (Å²) >= 11 is 5.99. The fraction of sp³-hybridized carbons (Fsp3) is 0.200. The number of nitrogens with two attached hydrogens (primary N) is 1. The molecule has 1 unspecified atom stereocenters. The summed E-state index contributed by atoms with van der Waals surface area (Å²) in [7, 11) is 1.74. The standard InChI is InChI=1S/C10H11ClFN5/c1-17-9(5-14-16-17)10(15-13)7-3-2-6(12)4-8(7)11/h2-5,10,15H,13H2,1H3.